The van der Waals surface area contributed by atoms with Gasteiger partial charge in [0.15, 0.2) is 0 Å². The first-order chi connectivity index (χ1) is 10.8. The minimum absolute atomic E-state index is 0.282. The average molecular weight is 291 g/mol. The van der Waals surface area contributed by atoms with Crippen molar-refractivity contribution in [1.82, 2.24) is 5.32 Å². The Balaban J connectivity index is 1.53. The van der Waals surface area contributed by atoms with E-state index in [1.807, 2.05) is 48.5 Å². The van der Waals surface area contributed by atoms with Crippen molar-refractivity contribution in [3.8, 4) is 0 Å². The molecule has 3 heteroatoms. The van der Waals surface area contributed by atoms with E-state index in [1.54, 1.807) is 0 Å². The second-order valence-electron chi connectivity index (χ2n) is 5.10. The van der Waals surface area contributed by atoms with Gasteiger partial charge in [-0.15, -0.1) is 0 Å². The maximum Gasteiger partial charge on any atom is 0.407 e. The molecular formula is C19H17NO2. The van der Waals surface area contributed by atoms with Gasteiger partial charge in [-0.05, 0) is 28.0 Å². The standard InChI is InChI=1S/C19H17NO2/c21-19(22-14-15-6-2-1-3-7-15)20-13-16-10-11-17-8-4-5-9-18(17)12-16/h1-12H,13-14H2,(H,20,21). The number of carbonyl (C=O) groups excluding carboxylic acids is 1. The largest absolute Gasteiger partial charge is 0.445 e. The molecule has 0 atom stereocenters. The van der Waals surface area contributed by atoms with Crippen LogP contribution in [0.1, 0.15) is 11.1 Å². The lowest BCUT2D eigenvalue weighted by Gasteiger charge is -2.08. The lowest BCUT2D eigenvalue weighted by Crippen LogP contribution is -2.23. The molecule has 22 heavy (non-hydrogen) atoms. The highest BCUT2D eigenvalue weighted by Crippen LogP contribution is 2.15. The Kier molecular flexibility index (Phi) is 4.35. The Bertz CT molecular complexity index is 769. The predicted molar refractivity (Wildman–Crippen MR) is 87.4 cm³/mol. The van der Waals surface area contributed by atoms with E-state index in [9.17, 15) is 4.79 Å². The van der Waals surface area contributed by atoms with Gasteiger partial charge in [-0.2, -0.15) is 0 Å². The van der Waals surface area contributed by atoms with Gasteiger partial charge in [0.25, 0.3) is 0 Å². The maximum atomic E-state index is 11.7. The molecule has 3 aromatic carbocycles. The summed E-state index contributed by atoms with van der Waals surface area (Å²) in [6.45, 7) is 0.739. The number of ether oxygens (including phenoxy) is 1. The van der Waals surface area contributed by atoms with Gasteiger partial charge in [-0.1, -0.05) is 66.7 Å². The molecule has 0 saturated carbocycles. The number of alkyl carbamates (subject to hydrolysis) is 1. The van der Waals surface area contributed by atoms with Crippen LogP contribution in [0.3, 0.4) is 0 Å². The molecule has 0 aromatic heterocycles. The third kappa shape index (κ3) is 3.64. The number of rotatable bonds is 4. The summed E-state index contributed by atoms with van der Waals surface area (Å²) in [5.74, 6) is 0. The molecule has 3 rings (SSSR count). The number of amides is 1. The molecule has 0 unspecified atom stereocenters. The highest BCUT2D eigenvalue weighted by Gasteiger charge is 2.03. The first-order valence-electron chi connectivity index (χ1n) is 7.23. The zero-order valence-corrected chi connectivity index (χ0v) is 12.2. The summed E-state index contributed by atoms with van der Waals surface area (Å²) < 4.78 is 5.19. The average Bonchev–Trinajstić information content (AvgIpc) is 2.59. The molecular weight excluding hydrogens is 274 g/mol. The normalized spacial score (nSPS) is 10.4. The molecule has 0 aliphatic rings. The van der Waals surface area contributed by atoms with Crippen LogP contribution < -0.4 is 5.32 Å². The van der Waals surface area contributed by atoms with Gasteiger partial charge in [0.1, 0.15) is 6.61 Å². The van der Waals surface area contributed by atoms with Crippen molar-refractivity contribution in [1.29, 1.82) is 0 Å². The fourth-order valence-electron chi connectivity index (χ4n) is 2.30. The summed E-state index contributed by atoms with van der Waals surface area (Å²) in [6, 6.07) is 23.9. The predicted octanol–water partition coefficient (Wildman–Crippen LogP) is 4.27. The van der Waals surface area contributed by atoms with Crippen LogP contribution in [0.25, 0.3) is 10.8 Å². The van der Waals surface area contributed by atoms with Gasteiger partial charge in [-0.3, -0.25) is 0 Å². The molecule has 0 spiro atoms. The zero-order valence-electron chi connectivity index (χ0n) is 12.2. The molecule has 1 amide bonds. The van der Waals surface area contributed by atoms with Crippen LogP contribution >= 0.6 is 0 Å². The van der Waals surface area contributed by atoms with Crippen LogP contribution in [0.2, 0.25) is 0 Å². The zero-order chi connectivity index (χ0) is 15.2. The van der Waals surface area contributed by atoms with Crippen molar-refractivity contribution in [3.63, 3.8) is 0 Å². The van der Waals surface area contributed by atoms with Crippen LogP contribution in [0.15, 0.2) is 72.8 Å². The van der Waals surface area contributed by atoms with Crippen molar-refractivity contribution in [2.24, 2.45) is 0 Å². The minimum Gasteiger partial charge on any atom is -0.445 e. The second-order valence-corrected chi connectivity index (χ2v) is 5.10. The number of hydrogen-bond acceptors (Lipinski definition) is 2. The number of fused-ring (bicyclic) bond motifs is 1. The van der Waals surface area contributed by atoms with E-state index in [-0.39, 0.29) is 6.61 Å². The van der Waals surface area contributed by atoms with Gasteiger partial charge in [-0.25, -0.2) is 4.79 Å². The van der Waals surface area contributed by atoms with Crippen LogP contribution in [0.4, 0.5) is 4.79 Å². The van der Waals surface area contributed by atoms with Gasteiger partial charge < -0.3 is 10.1 Å². The maximum absolute atomic E-state index is 11.7. The fourth-order valence-corrected chi connectivity index (χ4v) is 2.30. The third-order valence-electron chi connectivity index (χ3n) is 3.46. The monoisotopic (exact) mass is 291 g/mol. The van der Waals surface area contributed by atoms with Gasteiger partial charge in [0.2, 0.25) is 0 Å². The Labute approximate surface area is 129 Å². The molecule has 110 valence electrons. The minimum atomic E-state index is -0.406. The van der Waals surface area contributed by atoms with E-state index < -0.39 is 6.09 Å². The molecule has 0 aliphatic carbocycles. The summed E-state index contributed by atoms with van der Waals surface area (Å²) in [7, 11) is 0. The van der Waals surface area contributed by atoms with E-state index in [1.165, 1.54) is 10.8 Å². The number of hydrogen-bond donors (Lipinski definition) is 1. The van der Waals surface area contributed by atoms with Crippen molar-refractivity contribution in [2.45, 2.75) is 13.2 Å². The molecule has 1 N–H and O–H groups in total. The molecule has 0 aliphatic heterocycles. The van der Waals surface area contributed by atoms with E-state index in [4.69, 9.17) is 4.74 Å². The van der Waals surface area contributed by atoms with Crippen molar-refractivity contribution < 1.29 is 9.53 Å². The van der Waals surface area contributed by atoms with E-state index in [0.29, 0.717) is 6.54 Å². The lowest BCUT2D eigenvalue weighted by atomic mass is 10.1. The van der Waals surface area contributed by atoms with Crippen molar-refractivity contribution >= 4 is 16.9 Å². The number of benzene rings is 3. The third-order valence-corrected chi connectivity index (χ3v) is 3.46. The Morgan fingerprint density at radius 1 is 0.818 bits per heavy atom. The molecule has 3 nitrogen and oxygen atoms in total. The summed E-state index contributed by atoms with van der Waals surface area (Å²) in [5.41, 5.74) is 2.03. The SMILES string of the molecule is O=C(NCc1ccc2ccccc2c1)OCc1ccccc1. The van der Waals surface area contributed by atoms with E-state index in [0.717, 1.165) is 11.1 Å². The van der Waals surface area contributed by atoms with Gasteiger partial charge in [0, 0.05) is 6.54 Å². The van der Waals surface area contributed by atoms with Crippen molar-refractivity contribution in [3.05, 3.63) is 83.9 Å². The molecule has 0 heterocycles. The van der Waals surface area contributed by atoms with Gasteiger partial charge in [0.05, 0.1) is 0 Å². The Morgan fingerprint density at radius 2 is 1.55 bits per heavy atom. The van der Waals surface area contributed by atoms with Gasteiger partial charge >= 0.3 is 6.09 Å². The summed E-state index contributed by atoms with van der Waals surface area (Å²) >= 11 is 0. The Morgan fingerprint density at radius 3 is 2.36 bits per heavy atom. The molecule has 0 radical (unpaired) electrons. The molecule has 0 fully saturated rings. The fraction of sp³-hybridized carbons (Fsp3) is 0.105. The number of carbonyl (C=O) groups is 1. The smallest absolute Gasteiger partial charge is 0.407 e. The van der Waals surface area contributed by atoms with Crippen LogP contribution in [-0.2, 0) is 17.9 Å². The lowest BCUT2D eigenvalue weighted by molar-refractivity contribution is 0.139. The molecule has 0 bridgehead atoms. The van der Waals surface area contributed by atoms with Crippen LogP contribution in [0.5, 0.6) is 0 Å². The highest BCUT2D eigenvalue weighted by atomic mass is 16.5. The first-order valence-corrected chi connectivity index (χ1v) is 7.23. The van der Waals surface area contributed by atoms with Crippen LogP contribution in [0, 0.1) is 0 Å². The molecule has 3 aromatic rings. The highest BCUT2D eigenvalue weighted by molar-refractivity contribution is 5.83. The van der Waals surface area contributed by atoms with Crippen molar-refractivity contribution in [2.75, 3.05) is 0 Å². The summed E-state index contributed by atoms with van der Waals surface area (Å²) in [5, 5.41) is 5.13. The molecule has 0 saturated heterocycles. The van der Waals surface area contributed by atoms with E-state index in [2.05, 4.69) is 29.6 Å². The Hall–Kier alpha value is -2.81. The summed E-state index contributed by atoms with van der Waals surface area (Å²) in [4.78, 5) is 11.7. The quantitative estimate of drug-likeness (QED) is 0.779. The van der Waals surface area contributed by atoms with E-state index >= 15 is 0 Å². The number of nitrogens with one attached hydrogen (secondary N) is 1. The summed E-state index contributed by atoms with van der Waals surface area (Å²) in [6.07, 6.45) is -0.406. The topological polar surface area (TPSA) is 38.3 Å². The second kappa shape index (κ2) is 6.76. The van der Waals surface area contributed by atoms with Crippen LogP contribution in [-0.4, -0.2) is 6.09 Å². The first kappa shape index (κ1) is 14.1.